The zero-order valence-corrected chi connectivity index (χ0v) is 18.8. The van der Waals surface area contributed by atoms with Crippen molar-refractivity contribution in [3.05, 3.63) is 18.2 Å². The fourth-order valence-corrected chi connectivity index (χ4v) is 4.90. The van der Waals surface area contributed by atoms with E-state index in [0.717, 1.165) is 38.5 Å². The maximum Gasteiger partial charge on any atom is 0.340 e. The second kappa shape index (κ2) is 10.7. The summed E-state index contributed by atoms with van der Waals surface area (Å²) in [5.74, 6) is 0.793. The molecule has 1 atom stereocenters. The van der Waals surface area contributed by atoms with Crippen molar-refractivity contribution in [2.75, 3.05) is 38.2 Å². The minimum Gasteiger partial charge on any atom is -0.486 e. The first-order chi connectivity index (χ1) is 16.0. The van der Waals surface area contributed by atoms with Crippen LogP contribution in [-0.2, 0) is 9.59 Å². The molecule has 4 rings (SSSR count). The molecule has 1 aromatic carbocycles. The lowest BCUT2D eigenvalue weighted by atomic mass is 9.92. The van der Waals surface area contributed by atoms with Gasteiger partial charge in [0.25, 0.3) is 0 Å². The second-order valence-corrected chi connectivity index (χ2v) is 8.89. The summed E-state index contributed by atoms with van der Waals surface area (Å²) in [7, 11) is 0. The molecular formula is C23H32N4O6. The second-order valence-electron chi connectivity index (χ2n) is 8.89. The highest BCUT2D eigenvalue weighted by Gasteiger charge is 2.35. The van der Waals surface area contributed by atoms with Crippen molar-refractivity contribution in [3.8, 4) is 11.5 Å². The monoisotopic (exact) mass is 460 g/mol. The van der Waals surface area contributed by atoms with Crippen LogP contribution in [0.1, 0.15) is 44.9 Å². The normalized spacial score (nSPS) is 19.2. The van der Waals surface area contributed by atoms with Gasteiger partial charge in [-0.25, -0.2) is 19.9 Å². The Hall–Kier alpha value is -3.01. The number of rotatable bonds is 7. The number of carbonyl (C=O) groups excluding carboxylic acids is 3. The van der Waals surface area contributed by atoms with E-state index in [1.54, 1.807) is 18.2 Å². The van der Waals surface area contributed by atoms with E-state index in [0.29, 0.717) is 67.3 Å². The van der Waals surface area contributed by atoms with Gasteiger partial charge in [0, 0.05) is 24.8 Å². The number of anilines is 1. The molecule has 1 saturated heterocycles. The van der Waals surface area contributed by atoms with Crippen molar-refractivity contribution in [3.63, 3.8) is 0 Å². The van der Waals surface area contributed by atoms with Crippen molar-refractivity contribution in [1.29, 1.82) is 0 Å². The lowest BCUT2D eigenvalue weighted by Crippen LogP contribution is -2.57. The Kier molecular flexibility index (Phi) is 7.54. The summed E-state index contributed by atoms with van der Waals surface area (Å²) >= 11 is 0. The van der Waals surface area contributed by atoms with E-state index < -0.39 is 11.9 Å². The number of carbonyl (C=O) groups is 3. The van der Waals surface area contributed by atoms with Crippen LogP contribution in [0, 0.1) is 11.8 Å². The van der Waals surface area contributed by atoms with E-state index in [-0.39, 0.29) is 12.5 Å². The Labute approximate surface area is 193 Å². The zero-order valence-electron chi connectivity index (χ0n) is 18.8. The molecule has 2 fully saturated rings. The molecule has 0 spiro atoms. The molecule has 180 valence electrons. The van der Waals surface area contributed by atoms with Gasteiger partial charge in [0.15, 0.2) is 11.5 Å². The van der Waals surface area contributed by atoms with Crippen molar-refractivity contribution in [2.45, 2.75) is 44.9 Å². The number of urea groups is 1. The van der Waals surface area contributed by atoms with Gasteiger partial charge in [-0.1, -0.05) is 25.7 Å². The number of hydrogen-bond acceptors (Lipinski definition) is 6. The first-order valence-electron chi connectivity index (χ1n) is 11.8. The number of benzene rings is 1. The Morgan fingerprint density at radius 3 is 2.52 bits per heavy atom. The number of amides is 4. The Morgan fingerprint density at radius 2 is 1.79 bits per heavy atom. The minimum atomic E-state index is -0.564. The van der Waals surface area contributed by atoms with Crippen LogP contribution in [0.15, 0.2) is 18.2 Å². The molecule has 2 aliphatic heterocycles. The minimum absolute atomic E-state index is 0.0764. The molecular weight excluding hydrogens is 428 g/mol. The fourth-order valence-electron chi connectivity index (χ4n) is 4.90. The summed E-state index contributed by atoms with van der Waals surface area (Å²) in [5.41, 5.74) is 0.548. The summed E-state index contributed by atoms with van der Waals surface area (Å²) in [6.07, 6.45) is 6.84. The molecule has 33 heavy (non-hydrogen) atoms. The predicted molar refractivity (Wildman–Crippen MR) is 119 cm³/mol. The quantitative estimate of drug-likeness (QED) is 0.368. The molecule has 0 bridgehead atoms. The molecule has 0 radical (unpaired) electrons. The molecule has 0 aromatic heterocycles. The standard InChI is InChI=1S/C23H32N4O6/c28-16-25(31)15-18(13-17-5-1-2-6-17)22(29)26-9-3-4-10-27(26)23(30)24-19-7-8-20-21(14-19)33-12-11-32-20/h7-8,14,16-18,31H,1-6,9-13,15H2,(H,24,30)/t18-/m1/s1. The zero-order chi connectivity index (χ0) is 23.2. The van der Waals surface area contributed by atoms with Gasteiger partial charge in [-0.2, -0.15) is 0 Å². The number of hydrogen-bond donors (Lipinski definition) is 2. The van der Waals surface area contributed by atoms with Gasteiger partial charge in [0.05, 0.1) is 12.5 Å². The molecule has 10 heteroatoms. The number of nitrogens with zero attached hydrogens (tertiary/aromatic N) is 3. The average molecular weight is 461 g/mol. The molecule has 2 N–H and O–H groups in total. The van der Waals surface area contributed by atoms with Gasteiger partial charge >= 0.3 is 6.03 Å². The van der Waals surface area contributed by atoms with Crippen molar-refractivity contribution >= 4 is 24.0 Å². The van der Waals surface area contributed by atoms with Crippen LogP contribution in [0.4, 0.5) is 10.5 Å². The summed E-state index contributed by atoms with van der Waals surface area (Å²) < 4.78 is 11.1. The largest absolute Gasteiger partial charge is 0.486 e. The van der Waals surface area contributed by atoms with Gasteiger partial charge in [-0.3, -0.25) is 14.8 Å². The van der Waals surface area contributed by atoms with Gasteiger partial charge in [-0.05, 0) is 37.3 Å². The summed E-state index contributed by atoms with van der Waals surface area (Å²) in [6.45, 7) is 1.69. The predicted octanol–water partition coefficient (Wildman–Crippen LogP) is 2.87. The molecule has 10 nitrogen and oxygen atoms in total. The smallest absolute Gasteiger partial charge is 0.340 e. The van der Waals surface area contributed by atoms with E-state index in [1.165, 1.54) is 10.0 Å². The van der Waals surface area contributed by atoms with E-state index in [4.69, 9.17) is 9.47 Å². The van der Waals surface area contributed by atoms with E-state index in [2.05, 4.69) is 5.32 Å². The Balaban J connectivity index is 1.46. The Morgan fingerprint density at radius 1 is 1.09 bits per heavy atom. The first-order valence-corrected chi connectivity index (χ1v) is 11.8. The maximum absolute atomic E-state index is 13.5. The van der Waals surface area contributed by atoms with E-state index in [1.807, 2.05) is 0 Å². The van der Waals surface area contributed by atoms with Gasteiger partial charge < -0.3 is 14.8 Å². The number of nitrogens with one attached hydrogen (secondary N) is 1. The average Bonchev–Trinajstić information content (AvgIpc) is 3.36. The molecule has 0 unspecified atom stereocenters. The van der Waals surface area contributed by atoms with Crippen LogP contribution in [-0.4, -0.2) is 71.5 Å². The lowest BCUT2D eigenvalue weighted by Gasteiger charge is -2.40. The van der Waals surface area contributed by atoms with E-state index >= 15 is 0 Å². The third-order valence-corrected chi connectivity index (χ3v) is 6.53. The molecule has 3 aliphatic rings. The van der Waals surface area contributed by atoms with Gasteiger partial charge in [0.2, 0.25) is 12.3 Å². The van der Waals surface area contributed by atoms with Crippen LogP contribution in [0.5, 0.6) is 11.5 Å². The first kappa shape index (κ1) is 23.2. The third kappa shape index (κ3) is 5.68. The highest BCUT2D eigenvalue weighted by Crippen LogP contribution is 2.34. The summed E-state index contributed by atoms with van der Waals surface area (Å²) in [5, 5.41) is 16.1. The number of ether oxygens (including phenoxy) is 2. The molecule has 4 amide bonds. The third-order valence-electron chi connectivity index (χ3n) is 6.53. The van der Waals surface area contributed by atoms with Crippen LogP contribution in [0.3, 0.4) is 0 Å². The fraction of sp³-hybridized carbons (Fsp3) is 0.609. The molecule has 1 aromatic rings. The van der Waals surface area contributed by atoms with Crippen LogP contribution < -0.4 is 14.8 Å². The van der Waals surface area contributed by atoms with E-state index in [9.17, 15) is 19.6 Å². The number of fused-ring (bicyclic) bond motifs is 1. The molecule has 2 heterocycles. The van der Waals surface area contributed by atoms with Crippen LogP contribution in [0.2, 0.25) is 0 Å². The number of hydrazine groups is 1. The maximum atomic E-state index is 13.5. The topological polar surface area (TPSA) is 112 Å². The van der Waals surface area contributed by atoms with Crippen LogP contribution in [0.25, 0.3) is 0 Å². The highest BCUT2D eigenvalue weighted by atomic mass is 16.6. The Bertz CT molecular complexity index is 859. The van der Waals surface area contributed by atoms with Gasteiger partial charge in [0.1, 0.15) is 13.2 Å². The van der Waals surface area contributed by atoms with Crippen molar-refractivity contribution in [1.82, 2.24) is 15.1 Å². The highest BCUT2D eigenvalue weighted by molar-refractivity contribution is 5.92. The lowest BCUT2D eigenvalue weighted by molar-refractivity contribution is -0.164. The van der Waals surface area contributed by atoms with Crippen molar-refractivity contribution in [2.24, 2.45) is 11.8 Å². The van der Waals surface area contributed by atoms with Crippen LogP contribution >= 0.6 is 0 Å². The van der Waals surface area contributed by atoms with Gasteiger partial charge in [-0.15, -0.1) is 0 Å². The van der Waals surface area contributed by atoms with Crippen molar-refractivity contribution < 1.29 is 29.1 Å². The summed E-state index contributed by atoms with van der Waals surface area (Å²) in [6, 6.07) is 4.78. The molecule has 1 aliphatic carbocycles. The SMILES string of the molecule is O=CN(O)C[C@@H](CC1CCCC1)C(=O)N1CCCCN1C(=O)Nc1ccc2c(c1)OCCO2. The molecule has 1 saturated carbocycles. The number of hydroxylamine groups is 2. The summed E-state index contributed by atoms with van der Waals surface area (Å²) in [4.78, 5) is 37.7.